The van der Waals surface area contributed by atoms with Crippen LogP contribution in [-0.4, -0.2) is 59.5 Å². The summed E-state index contributed by atoms with van der Waals surface area (Å²) in [5.74, 6) is 0.793. The van der Waals surface area contributed by atoms with Gasteiger partial charge in [-0.2, -0.15) is 5.10 Å². The third kappa shape index (κ3) is 13.4. The van der Waals surface area contributed by atoms with Crippen LogP contribution in [-0.2, 0) is 9.59 Å². The SMILES string of the molecule is CC(C)=NN(C)/C(C)=C/c1c(Cl)ccc(/C(=C/C=C/n2cccc(C)c2=N)CCCOc2cc(C)c(Cl)c(C)c2)c1N[C@H](C)CNC=O.O=CO. The highest BCUT2D eigenvalue weighted by atomic mass is 35.5. The molecule has 51 heavy (non-hydrogen) atoms. The average molecular weight is 738 g/mol. The van der Waals surface area contributed by atoms with Crippen LogP contribution in [0.4, 0.5) is 5.69 Å². The zero-order valence-electron chi connectivity index (χ0n) is 30.7. The van der Waals surface area contributed by atoms with Gasteiger partial charge in [0.2, 0.25) is 6.41 Å². The van der Waals surface area contributed by atoms with Gasteiger partial charge in [-0.15, -0.1) is 0 Å². The van der Waals surface area contributed by atoms with E-state index in [1.165, 1.54) is 0 Å². The fraction of sp³-hybridized carbons (Fsp3) is 0.333. The van der Waals surface area contributed by atoms with E-state index in [0.29, 0.717) is 36.5 Å². The van der Waals surface area contributed by atoms with Gasteiger partial charge in [-0.25, -0.2) is 0 Å². The number of halogens is 2. The third-order valence-electron chi connectivity index (χ3n) is 7.69. The standard InChI is InChI=1S/C38H48Cl2N6O2.CH2O2/c1-25(2)44-45(8)30(7)22-34-35(39)16-15-33(37(34)43-29(6)23-42-24-47)31(13-10-18-46-17-9-12-26(3)38(46)41)14-11-19-48-32-20-27(4)36(40)28(5)21-32;2-1-3/h9-10,12-13,15-18,20-22,24,29,41,43H,11,14,19,23H2,1-8H3,(H,42,47);1H,(H,2,3)/b18-10+,30-22+,31-13+,41-38?;/t29-;/m1./s1. The Labute approximate surface area is 311 Å². The van der Waals surface area contributed by atoms with E-state index in [0.717, 1.165) is 67.7 Å². The van der Waals surface area contributed by atoms with Gasteiger partial charge in [0.15, 0.2) is 0 Å². The number of carbonyl (C=O) groups excluding carboxylic acids is 1. The number of amides is 1. The van der Waals surface area contributed by atoms with Gasteiger partial charge < -0.3 is 25.0 Å². The van der Waals surface area contributed by atoms with Gasteiger partial charge in [0, 0.05) is 64.6 Å². The Morgan fingerprint density at radius 1 is 1.10 bits per heavy atom. The molecule has 2 aromatic carbocycles. The van der Waals surface area contributed by atoms with Crippen LogP contribution in [0.2, 0.25) is 10.0 Å². The van der Waals surface area contributed by atoms with Crippen molar-refractivity contribution in [2.24, 2.45) is 5.10 Å². The maximum atomic E-state index is 11.1. The van der Waals surface area contributed by atoms with Crippen molar-refractivity contribution in [2.45, 2.75) is 67.3 Å². The Kier molecular flexibility index (Phi) is 17.8. The summed E-state index contributed by atoms with van der Waals surface area (Å²) in [7, 11) is 1.91. The quantitative estimate of drug-likeness (QED) is 0.0383. The van der Waals surface area contributed by atoms with Crippen LogP contribution in [0, 0.1) is 26.2 Å². The number of pyridine rings is 1. The lowest BCUT2D eigenvalue weighted by Crippen LogP contribution is -2.30. The van der Waals surface area contributed by atoms with E-state index in [4.69, 9.17) is 43.2 Å². The number of ether oxygens (including phenoxy) is 1. The van der Waals surface area contributed by atoms with Crippen molar-refractivity contribution in [3.05, 3.63) is 104 Å². The van der Waals surface area contributed by atoms with Crippen molar-refractivity contribution >= 4 is 65.3 Å². The number of nitrogens with one attached hydrogen (secondary N) is 3. The zero-order valence-corrected chi connectivity index (χ0v) is 32.2. The second-order valence-electron chi connectivity index (χ2n) is 12.2. The fourth-order valence-corrected chi connectivity index (χ4v) is 5.45. The number of allylic oxidation sites excluding steroid dienone is 4. The van der Waals surface area contributed by atoms with Crippen molar-refractivity contribution in [3.8, 4) is 5.75 Å². The number of rotatable bonds is 16. The van der Waals surface area contributed by atoms with Crippen LogP contribution in [0.5, 0.6) is 5.75 Å². The summed E-state index contributed by atoms with van der Waals surface area (Å²) in [5, 5.41) is 29.5. The molecule has 1 heterocycles. The molecule has 0 aliphatic heterocycles. The zero-order chi connectivity index (χ0) is 38.1. The minimum Gasteiger partial charge on any atom is -0.494 e. The molecule has 0 saturated carbocycles. The van der Waals surface area contributed by atoms with Gasteiger partial charge in [0.1, 0.15) is 11.2 Å². The second-order valence-corrected chi connectivity index (χ2v) is 13.0. The summed E-state index contributed by atoms with van der Waals surface area (Å²) in [5.41, 5.74) is 8.80. The van der Waals surface area contributed by atoms with Crippen molar-refractivity contribution in [1.82, 2.24) is 14.9 Å². The van der Waals surface area contributed by atoms with E-state index in [1.54, 1.807) is 4.57 Å². The predicted octanol–water partition coefficient (Wildman–Crippen LogP) is 8.55. The molecule has 0 aliphatic carbocycles. The van der Waals surface area contributed by atoms with Crippen LogP contribution in [0.3, 0.4) is 0 Å². The lowest BCUT2D eigenvalue weighted by atomic mass is 9.95. The Bertz CT molecular complexity index is 1800. The number of hydrogen-bond donors (Lipinski definition) is 4. The monoisotopic (exact) mass is 736 g/mol. The third-order valence-corrected chi connectivity index (χ3v) is 8.61. The molecular weight excluding hydrogens is 687 g/mol. The molecule has 0 aliphatic rings. The molecule has 4 N–H and O–H groups in total. The van der Waals surface area contributed by atoms with Crippen molar-refractivity contribution in [3.63, 3.8) is 0 Å². The Hall–Kier alpha value is -4.80. The first-order valence-electron chi connectivity index (χ1n) is 16.5. The van der Waals surface area contributed by atoms with Crippen LogP contribution in [0.1, 0.15) is 68.4 Å². The van der Waals surface area contributed by atoms with Crippen molar-refractivity contribution in [2.75, 3.05) is 25.5 Å². The van der Waals surface area contributed by atoms with Crippen LogP contribution >= 0.6 is 23.2 Å². The van der Waals surface area contributed by atoms with E-state index in [9.17, 15) is 4.79 Å². The molecule has 1 amide bonds. The van der Waals surface area contributed by atoms with E-state index in [1.807, 2.05) is 121 Å². The second kappa shape index (κ2) is 21.4. The van der Waals surface area contributed by atoms with E-state index >= 15 is 0 Å². The smallest absolute Gasteiger partial charge is 0.290 e. The molecule has 0 bridgehead atoms. The van der Waals surface area contributed by atoms with Crippen LogP contribution < -0.4 is 20.9 Å². The minimum absolute atomic E-state index is 0.0984. The lowest BCUT2D eigenvalue weighted by Gasteiger charge is -2.23. The topological polar surface area (TPSA) is 132 Å². The maximum Gasteiger partial charge on any atom is 0.290 e. The number of aromatic nitrogens is 1. The van der Waals surface area contributed by atoms with Gasteiger partial charge in [-0.3, -0.25) is 20.0 Å². The number of hydrazone groups is 1. The molecule has 0 spiro atoms. The van der Waals surface area contributed by atoms with Gasteiger partial charge in [-0.05, 0) is 120 Å². The maximum absolute atomic E-state index is 11.1. The molecule has 0 unspecified atom stereocenters. The van der Waals surface area contributed by atoms with Gasteiger partial charge >= 0.3 is 0 Å². The highest BCUT2D eigenvalue weighted by molar-refractivity contribution is 6.33. The lowest BCUT2D eigenvalue weighted by molar-refractivity contribution is -0.122. The molecule has 12 heteroatoms. The summed E-state index contributed by atoms with van der Waals surface area (Å²) in [6, 6.07) is 11.6. The van der Waals surface area contributed by atoms with E-state index in [2.05, 4.69) is 21.8 Å². The first-order chi connectivity index (χ1) is 24.2. The van der Waals surface area contributed by atoms with Gasteiger partial charge in [-0.1, -0.05) is 41.4 Å². The summed E-state index contributed by atoms with van der Waals surface area (Å²) < 4.78 is 7.95. The molecular formula is C39H50Cl2N6O4. The van der Waals surface area contributed by atoms with Crippen molar-refractivity contribution in [1.29, 1.82) is 5.41 Å². The summed E-state index contributed by atoms with van der Waals surface area (Å²) in [4.78, 5) is 19.5. The Morgan fingerprint density at radius 3 is 2.39 bits per heavy atom. The molecule has 0 saturated heterocycles. The number of nitrogens with zero attached hydrogens (tertiary/aromatic N) is 3. The number of anilines is 1. The molecule has 0 radical (unpaired) electrons. The van der Waals surface area contributed by atoms with Gasteiger partial charge in [0.25, 0.3) is 6.47 Å². The van der Waals surface area contributed by atoms with Crippen molar-refractivity contribution < 1.29 is 19.4 Å². The first-order valence-corrected chi connectivity index (χ1v) is 17.3. The average Bonchev–Trinajstić information content (AvgIpc) is 3.07. The number of aryl methyl sites for hydroxylation is 3. The summed E-state index contributed by atoms with van der Waals surface area (Å²) in [6.45, 7) is 14.5. The van der Waals surface area contributed by atoms with Crippen LogP contribution in [0.15, 0.2) is 65.5 Å². The molecule has 1 aromatic heterocycles. The molecule has 3 rings (SSSR count). The van der Waals surface area contributed by atoms with Gasteiger partial charge in [0.05, 0.1) is 12.3 Å². The molecule has 10 nitrogen and oxygen atoms in total. The normalized spacial score (nSPS) is 12.0. The molecule has 274 valence electrons. The highest BCUT2D eigenvalue weighted by Gasteiger charge is 2.17. The van der Waals surface area contributed by atoms with E-state index < -0.39 is 0 Å². The number of benzene rings is 2. The Balaban J connectivity index is 0.00000290. The molecule has 0 fully saturated rings. The number of carbonyl (C=O) groups is 2. The summed E-state index contributed by atoms with van der Waals surface area (Å²) in [6.07, 6.45) is 11.9. The summed E-state index contributed by atoms with van der Waals surface area (Å²) >= 11 is 13.3. The van der Waals surface area contributed by atoms with E-state index in [-0.39, 0.29) is 12.5 Å². The largest absolute Gasteiger partial charge is 0.494 e. The molecule has 3 aromatic rings. The predicted molar refractivity (Wildman–Crippen MR) is 211 cm³/mol. The fourth-order valence-electron chi connectivity index (χ4n) is 5.13. The number of carboxylic acid groups (broad SMARTS) is 1. The minimum atomic E-state index is -0.250. The van der Waals surface area contributed by atoms with Crippen LogP contribution in [0.25, 0.3) is 17.8 Å². The molecule has 1 atom stereocenters. The Morgan fingerprint density at radius 2 is 1.76 bits per heavy atom. The number of hydrogen-bond acceptors (Lipinski definition) is 7. The highest BCUT2D eigenvalue weighted by Crippen LogP contribution is 2.37. The first kappa shape index (κ1) is 42.4.